The zero-order valence-electron chi connectivity index (χ0n) is 9.70. The average molecular weight is 208 g/mol. The summed E-state index contributed by atoms with van der Waals surface area (Å²) in [6, 6.07) is 4.30. The van der Waals surface area contributed by atoms with Gasteiger partial charge in [0.1, 0.15) is 0 Å². The fraction of sp³-hybridized carbons (Fsp3) is 0.583. The molecule has 2 atom stereocenters. The molecule has 0 aromatic carbocycles. The Morgan fingerprint density at radius 2 is 2.20 bits per heavy atom. The van der Waals surface area contributed by atoms with Crippen LogP contribution in [0.3, 0.4) is 0 Å². The molecule has 0 radical (unpaired) electrons. The zero-order chi connectivity index (χ0) is 11.3. The van der Waals surface area contributed by atoms with Crippen molar-refractivity contribution in [3.63, 3.8) is 0 Å². The molecular weight excluding hydrogens is 188 g/mol. The summed E-state index contributed by atoms with van der Waals surface area (Å²) >= 11 is 0. The maximum Gasteiger partial charge on any atom is 0.0570 e. The van der Waals surface area contributed by atoms with Gasteiger partial charge in [-0.3, -0.25) is 4.98 Å². The summed E-state index contributed by atoms with van der Waals surface area (Å²) in [5.74, 6) is 0.272. The van der Waals surface area contributed by atoms with E-state index >= 15 is 0 Å². The number of hydrogen-bond donors (Lipinski definition) is 2. The Morgan fingerprint density at radius 1 is 1.47 bits per heavy atom. The summed E-state index contributed by atoms with van der Waals surface area (Å²) in [7, 11) is 0. The second-order valence-corrected chi connectivity index (χ2v) is 4.10. The van der Waals surface area contributed by atoms with E-state index in [4.69, 9.17) is 5.11 Å². The molecule has 0 aliphatic rings. The van der Waals surface area contributed by atoms with Crippen molar-refractivity contribution in [2.75, 3.05) is 6.61 Å². The van der Waals surface area contributed by atoms with Gasteiger partial charge in [0.25, 0.3) is 0 Å². The second kappa shape index (κ2) is 5.83. The van der Waals surface area contributed by atoms with Crippen LogP contribution in [-0.2, 0) is 6.54 Å². The van der Waals surface area contributed by atoms with Gasteiger partial charge in [0, 0.05) is 25.4 Å². The van der Waals surface area contributed by atoms with Crippen LogP contribution in [0.15, 0.2) is 18.3 Å². The topological polar surface area (TPSA) is 45.2 Å². The zero-order valence-corrected chi connectivity index (χ0v) is 9.70. The molecule has 0 amide bonds. The molecule has 1 aromatic heterocycles. The summed E-state index contributed by atoms with van der Waals surface area (Å²) in [4.78, 5) is 4.31. The Balaban J connectivity index is 2.47. The van der Waals surface area contributed by atoms with Gasteiger partial charge in [-0.05, 0) is 31.4 Å². The fourth-order valence-corrected chi connectivity index (χ4v) is 1.32. The SMILES string of the molecule is Cc1cccnc1CNC(C)C(C)CO. The first-order valence-electron chi connectivity index (χ1n) is 5.40. The maximum absolute atomic E-state index is 9.00. The molecular formula is C12H20N2O. The fourth-order valence-electron chi connectivity index (χ4n) is 1.32. The molecule has 1 heterocycles. The normalized spacial score (nSPS) is 14.9. The third kappa shape index (κ3) is 3.61. The minimum Gasteiger partial charge on any atom is -0.396 e. The molecule has 0 bridgehead atoms. The van der Waals surface area contributed by atoms with Crippen molar-refractivity contribution in [1.29, 1.82) is 0 Å². The lowest BCUT2D eigenvalue weighted by molar-refractivity contribution is 0.206. The van der Waals surface area contributed by atoms with Gasteiger partial charge >= 0.3 is 0 Å². The molecule has 1 aromatic rings. The molecule has 0 spiro atoms. The van der Waals surface area contributed by atoms with Crippen LogP contribution in [0.1, 0.15) is 25.1 Å². The molecule has 0 fully saturated rings. The number of rotatable bonds is 5. The Bertz CT molecular complexity index is 301. The highest BCUT2D eigenvalue weighted by Gasteiger charge is 2.10. The van der Waals surface area contributed by atoms with E-state index in [1.165, 1.54) is 5.56 Å². The van der Waals surface area contributed by atoms with E-state index in [0.717, 1.165) is 12.2 Å². The first-order valence-corrected chi connectivity index (χ1v) is 5.40. The van der Waals surface area contributed by atoms with Crippen molar-refractivity contribution in [2.24, 2.45) is 5.92 Å². The third-order valence-corrected chi connectivity index (χ3v) is 2.85. The van der Waals surface area contributed by atoms with Gasteiger partial charge in [0.15, 0.2) is 0 Å². The summed E-state index contributed by atoms with van der Waals surface area (Å²) in [6.07, 6.45) is 1.81. The molecule has 84 valence electrons. The van der Waals surface area contributed by atoms with E-state index < -0.39 is 0 Å². The summed E-state index contributed by atoms with van der Waals surface area (Å²) in [5, 5.41) is 12.4. The van der Waals surface area contributed by atoms with Crippen molar-refractivity contribution in [1.82, 2.24) is 10.3 Å². The molecule has 3 heteroatoms. The van der Waals surface area contributed by atoms with Crippen LogP contribution in [0.5, 0.6) is 0 Å². The monoisotopic (exact) mass is 208 g/mol. The number of nitrogens with zero attached hydrogens (tertiary/aromatic N) is 1. The maximum atomic E-state index is 9.00. The average Bonchev–Trinajstić information content (AvgIpc) is 2.26. The molecule has 0 aliphatic heterocycles. The number of aliphatic hydroxyl groups is 1. The van der Waals surface area contributed by atoms with Gasteiger partial charge in [-0.2, -0.15) is 0 Å². The molecule has 0 saturated carbocycles. The number of aliphatic hydroxyl groups excluding tert-OH is 1. The smallest absolute Gasteiger partial charge is 0.0570 e. The second-order valence-electron chi connectivity index (χ2n) is 4.10. The van der Waals surface area contributed by atoms with Crippen LogP contribution in [0.2, 0.25) is 0 Å². The molecule has 0 saturated heterocycles. The lowest BCUT2D eigenvalue weighted by Crippen LogP contribution is -2.33. The number of pyridine rings is 1. The van der Waals surface area contributed by atoms with Gasteiger partial charge in [0.05, 0.1) is 5.69 Å². The van der Waals surface area contributed by atoms with Crippen molar-refractivity contribution in [3.05, 3.63) is 29.6 Å². The van der Waals surface area contributed by atoms with Crippen LogP contribution in [-0.4, -0.2) is 22.7 Å². The van der Waals surface area contributed by atoms with E-state index in [1.807, 2.05) is 19.2 Å². The molecule has 3 nitrogen and oxygen atoms in total. The highest BCUT2D eigenvalue weighted by molar-refractivity contribution is 5.17. The predicted molar refractivity (Wildman–Crippen MR) is 61.5 cm³/mol. The van der Waals surface area contributed by atoms with Crippen LogP contribution < -0.4 is 5.32 Å². The lowest BCUT2D eigenvalue weighted by Gasteiger charge is -2.19. The lowest BCUT2D eigenvalue weighted by atomic mass is 10.1. The van der Waals surface area contributed by atoms with Gasteiger partial charge in [-0.25, -0.2) is 0 Å². The van der Waals surface area contributed by atoms with Crippen molar-refractivity contribution >= 4 is 0 Å². The van der Waals surface area contributed by atoms with Crippen LogP contribution in [0, 0.1) is 12.8 Å². The number of nitrogens with one attached hydrogen (secondary N) is 1. The van der Waals surface area contributed by atoms with Gasteiger partial charge in [0.2, 0.25) is 0 Å². The van der Waals surface area contributed by atoms with E-state index in [-0.39, 0.29) is 12.5 Å². The van der Waals surface area contributed by atoms with Crippen molar-refractivity contribution in [2.45, 2.75) is 33.4 Å². The quantitative estimate of drug-likeness (QED) is 0.770. The Labute approximate surface area is 91.5 Å². The predicted octanol–water partition coefficient (Wildman–Crippen LogP) is 1.50. The van der Waals surface area contributed by atoms with E-state index in [2.05, 4.69) is 30.2 Å². The molecule has 15 heavy (non-hydrogen) atoms. The van der Waals surface area contributed by atoms with E-state index in [1.54, 1.807) is 0 Å². The molecule has 2 unspecified atom stereocenters. The summed E-state index contributed by atoms with van der Waals surface area (Å²) in [5.41, 5.74) is 2.28. The summed E-state index contributed by atoms with van der Waals surface area (Å²) < 4.78 is 0. The largest absolute Gasteiger partial charge is 0.396 e. The highest BCUT2D eigenvalue weighted by Crippen LogP contribution is 2.05. The van der Waals surface area contributed by atoms with E-state index in [0.29, 0.717) is 6.04 Å². The van der Waals surface area contributed by atoms with Crippen molar-refractivity contribution in [3.8, 4) is 0 Å². The van der Waals surface area contributed by atoms with Crippen LogP contribution in [0.25, 0.3) is 0 Å². The van der Waals surface area contributed by atoms with Gasteiger partial charge < -0.3 is 10.4 Å². The van der Waals surface area contributed by atoms with E-state index in [9.17, 15) is 0 Å². The molecule has 1 rings (SSSR count). The summed E-state index contributed by atoms with van der Waals surface area (Å²) in [6.45, 7) is 7.15. The van der Waals surface area contributed by atoms with Crippen LogP contribution in [0.4, 0.5) is 0 Å². The number of hydrogen-bond acceptors (Lipinski definition) is 3. The Morgan fingerprint density at radius 3 is 2.80 bits per heavy atom. The van der Waals surface area contributed by atoms with Gasteiger partial charge in [-0.1, -0.05) is 13.0 Å². The van der Waals surface area contributed by atoms with Crippen LogP contribution >= 0.6 is 0 Å². The van der Waals surface area contributed by atoms with Crippen molar-refractivity contribution < 1.29 is 5.11 Å². The minimum absolute atomic E-state index is 0.218. The first kappa shape index (κ1) is 12.1. The minimum atomic E-state index is 0.218. The molecule has 0 aliphatic carbocycles. The third-order valence-electron chi connectivity index (χ3n) is 2.85. The van der Waals surface area contributed by atoms with Gasteiger partial charge in [-0.15, -0.1) is 0 Å². The highest BCUT2D eigenvalue weighted by atomic mass is 16.3. The first-order chi connectivity index (χ1) is 7.15. The molecule has 2 N–H and O–H groups in total. The number of aromatic nitrogens is 1. The Hall–Kier alpha value is -0.930. The number of aryl methyl sites for hydroxylation is 1. The Kier molecular flexibility index (Phi) is 4.72. The standard InChI is InChI=1S/C12H20N2O/c1-9-5-4-6-13-12(9)7-14-11(3)10(2)8-15/h4-6,10-11,14-15H,7-8H2,1-3H3.